The summed E-state index contributed by atoms with van der Waals surface area (Å²) in [6, 6.07) is 4.17. The number of hydrogen-bond donors (Lipinski definition) is 1. The standard InChI is InChI=1S/C12H17BrO2S/c13-12-6-5-11(16-12)8-15-10-3-1-9(7-14)2-4-10/h5-6,9-10,14H,1-4,7-8H2. The summed E-state index contributed by atoms with van der Waals surface area (Å²) in [5.74, 6) is 0.510. The summed E-state index contributed by atoms with van der Waals surface area (Å²) < 4.78 is 7.05. The fourth-order valence-electron chi connectivity index (χ4n) is 2.11. The molecule has 0 amide bonds. The zero-order chi connectivity index (χ0) is 11.4. The molecule has 1 aliphatic carbocycles. The van der Waals surface area contributed by atoms with Gasteiger partial charge in [-0.25, -0.2) is 0 Å². The molecular formula is C12H17BrO2S. The number of ether oxygens (including phenoxy) is 1. The highest BCUT2D eigenvalue weighted by molar-refractivity contribution is 9.11. The molecule has 0 aliphatic heterocycles. The van der Waals surface area contributed by atoms with Crippen LogP contribution in [0.25, 0.3) is 0 Å². The second-order valence-electron chi connectivity index (χ2n) is 4.34. The molecule has 0 aromatic carbocycles. The van der Waals surface area contributed by atoms with Crippen LogP contribution in [0, 0.1) is 5.92 Å². The zero-order valence-corrected chi connectivity index (χ0v) is 11.6. The molecule has 2 nitrogen and oxygen atoms in total. The molecule has 4 heteroatoms. The highest BCUT2D eigenvalue weighted by Crippen LogP contribution is 2.28. The van der Waals surface area contributed by atoms with E-state index in [2.05, 4.69) is 28.1 Å². The Hall–Kier alpha value is 0.1000. The molecule has 1 aliphatic rings. The van der Waals surface area contributed by atoms with Crippen molar-refractivity contribution in [2.24, 2.45) is 5.92 Å². The molecule has 1 saturated carbocycles. The molecule has 1 fully saturated rings. The Morgan fingerprint density at radius 3 is 2.62 bits per heavy atom. The van der Waals surface area contributed by atoms with Crippen molar-refractivity contribution in [3.63, 3.8) is 0 Å². The molecule has 1 aromatic rings. The van der Waals surface area contributed by atoms with Crippen molar-refractivity contribution in [1.29, 1.82) is 0 Å². The summed E-state index contributed by atoms with van der Waals surface area (Å²) >= 11 is 5.18. The van der Waals surface area contributed by atoms with Crippen LogP contribution in [0.3, 0.4) is 0 Å². The number of halogens is 1. The molecule has 0 spiro atoms. The second kappa shape index (κ2) is 6.15. The fraction of sp³-hybridized carbons (Fsp3) is 0.667. The highest BCUT2D eigenvalue weighted by atomic mass is 79.9. The maximum absolute atomic E-state index is 9.04. The van der Waals surface area contributed by atoms with Gasteiger partial charge in [-0.05, 0) is 59.7 Å². The lowest BCUT2D eigenvalue weighted by Crippen LogP contribution is -2.23. The van der Waals surface area contributed by atoms with Gasteiger partial charge < -0.3 is 9.84 Å². The Bertz CT molecular complexity index is 319. The van der Waals surface area contributed by atoms with Gasteiger partial charge >= 0.3 is 0 Å². The van der Waals surface area contributed by atoms with Gasteiger partial charge in [0.05, 0.1) is 16.5 Å². The third-order valence-corrected chi connectivity index (χ3v) is 4.74. The van der Waals surface area contributed by atoms with Crippen LogP contribution >= 0.6 is 27.3 Å². The zero-order valence-electron chi connectivity index (χ0n) is 9.19. The lowest BCUT2D eigenvalue weighted by molar-refractivity contribution is 0.00235. The maximum Gasteiger partial charge on any atom is 0.0813 e. The van der Waals surface area contributed by atoms with Crippen LogP contribution in [0.1, 0.15) is 30.6 Å². The molecule has 90 valence electrons. The van der Waals surface area contributed by atoms with Crippen molar-refractivity contribution in [3.05, 3.63) is 20.8 Å². The van der Waals surface area contributed by atoms with Crippen LogP contribution in [-0.2, 0) is 11.3 Å². The van der Waals surface area contributed by atoms with E-state index < -0.39 is 0 Å². The Kier molecular flexibility index (Phi) is 4.82. The second-order valence-corrected chi connectivity index (χ2v) is 6.89. The first-order chi connectivity index (χ1) is 7.78. The van der Waals surface area contributed by atoms with Crippen molar-refractivity contribution in [1.82, 2.24) is 0 Å². The van der Waals surface area contributed by atoms with Crippen LogP contribution in [-0.4, -0.2) is 17.8 Å². The topological polar surface area (TPSA) is 29.5 Å². The van der Waals surface area contributed by atoms with Crippen molar-refractivity contribution in [3.8, 4) is 0 Å². The first-order valence-electron chi connectivity index (χ1n) is 5.74. The first kappa shape index (κ1) is 12.6. The van der Waals surface area contributed by atoms with Crippen LogP contribution < -0.4 is 0 Å². The van der Waals surface area contributed by atoms with Crippen molar-refractivity contribution >= 4 is 27.3 Å². The van der Waals surface area contributed by atoms with E-state index in [1.54, 1.807) is 11.3 Å². The number of thiophene rings is 1. The predicted octanol–water partition coefficient (Wildman–Crippen LogP) is 3.58. The van der Waals surface area contributed by atoms with Crippen LogP contribution in [0.2, 0.25) is 0 Å². The average molecular weight is 305 g/mol. The van der Waals surface area contributed by atoms with E-state index in [0.717, 1.165) is 36.1 Å². The SMILES string of the molecule is OCC1CCC(OCc2ccc(Br)s2)CC1. The Morgan fingerprint density at radius 2 is 2.06 bits per heavy atom. The number of rotatable bonds is 4. The molecule has 1 heterocycles. The minimum atomic E-state index is 0.338. The molecule has 1 N–H and O–H groups in total. The van der Waals surface area contributed by atoms with Gasteiger partial charge in [0.15, 0.2) is 0 Å². The van der Waals surface area contributed by atoms with E-state index in [9.17, 15) is 0 Å². The molecule has 0 saturated heterocycles. The summed E-state index contributed by atoms with van der Waals surface area (Å²) in [6.45, 7) is 1.06. The van der Waals surface area contributed by atoms with Crippen LogP contribution in [0.4, 0.5) is 0 Å². The van der Waals surface area contributed by atoms with Crippen molar-refractivity contribution in [2.45, 2.75) is 38.4 Å². The molecule has 0 bridgehead atoms. The summed E-state index contributed by atoms with van der Waals surface area (Å²) in [7, 11) is 0. The lowest BCUT2D eigenvalue weighted by atomic mass is 9.88. The third kappa shape index (κ3) is 3.55. The monoisotopic (exact) mass is 304 g/mol. The Labute approximate surface area is 109 Å². The van der Waals surface area contributed by atoms with Crippen molar-refractivity contribution < 1.29 is 9.84 Å². The van der Waals surface area contributed by atoms with Gasteiger partial charge in [0, 0.05) is 11.5 Å². The van der Waals surface area contributed by atoms with E-state index >= 15 is 0 Å². The van der Waals surface area contributed by atoms with E-state index in [1.807, 2.05) is 0 Å². The van der Waals surface area contributed by atoms with Crippen LogP contribution in [0.5, 0.6) is 0 Å². The molecular weight excluding hydrogens is 288 g/mol. The average Bonchev–Trinajstić information content (AvgIpc) is 2.73. The molecule has 1 aromatic heterocycles. The first-order valence-corrected chi connectivity index (χ1v) is 7.35. The van der Waals surface area contributed by atoms with Crippen molar-refractivity contribution in [2.75, 3.05) is 6.61 Å². The maximum atomic E-state index is 9.04. The molecule has 0 radical (unpaired) electrons. The highest BCUT2D eigenvalue weighted by Gasteiger charge is 2.20. The number of hydrogen-bond acceptors (Lipinski definition) is 3. The number of aliphatic hydroxyl groups excluding tert-OH is 1. The van der Waals surface area contributed by atoms with E-state index in [-0.39, 0.29) is 0 Å². The minimum Gasteiger partial charge on any atom is -0.396 e. The van der Waals surface area contributed by atoms with Gasteiger partial charge in [0.25, 0.3) is 0 Å². The normalized spacial score (nSPS) is 25.9. The smallest absolute Gasteiger partial charge is 0.0813 e. The fourth-order valence-corrected chi connectivity index (χ4v) is 3.52. The third-order valence-electron chi connectivity index (χ3n) is 3.14. The predicted molar refractivity (Wildman–Crippen MR) is 69.6 cm³/mol. The van der Waals surface area contributed by atoms with Gasteiger partial charge in [-0.2, -0.15) is 0 Å². The van der Waals surface area contributed by atoms with E-state index in [4.69, 9.17) is 9.84 Å². The van der Waals surface area contributed by atoms with Gasteiger partial charge in [-0.15, -0.1) is 11.3 Å². The van der Waals surface area contributed by atoms with Gasteiger partial charge in [-0.3, -0.25) is 0 Å². The van der Waals surface area contributed by atoms with Gasteiger partial charge in [0.2, 0.25) is 0 Å². The summed E-state index contributed by atoms with van der Waals surface area (Å²) in [4.78, 5) is 1.27. The minimum absolute atomic E-state index is 0.338. The molecule has 2 rings (SSSR count). The van der Waals surface area contributed by atoms with E-state index in [0.29, 0.717) is 18.6 Å². The van der Waals surface area contributed by atoms with Gasteiger partial charge in [-0.1, -0.05) is 0 Å². The largest absolute Gasteiger partial charge is 0.396 e. The van der Waals surface area contributed by atoms with Crippen LogP contribution in [0.15, 0.2) is 15.9 Å². The molecule has 0 atom stereocenters. The number of aliphatic hydroxyl groups is 1. The Balaban J connectivity index is 1.71. The summed E-state index contributed by atoms with van der Waals surface area (Å²) in [6.07, 6.45) is 4.80. The van der Waals surface area contributed by atoms with E-state index in [1.165, 1.54) is 4.88 Å². The molecule has 16 heavy (non-hydrogen) atoms. The summed E-state index contributed by atoms with van der Waals surface area (Å²) in [5, 5.41) is 9.04. The lowest BCUT2D eigenvalue weighted by Gasteiger charge is -2.27. The Morgan fingerprint density at radius 1 is 1.31 bits per heavy atom. The molecule has 0 unspecified atom stereocenters. The summed E-state index contributed by atoms with van der Waals surface area (Å²) in [5.41, 5.74) is 0. The van der Waals surface area contributed by atoms with Gasteiger partial charge in [0.1, 0.15) is 0 Å². The quantitative estimate of drug-likeness (QED) is 0.921.